The normalized spacial score (nSPS) is 16.1. The van der Waals surface area contributed by atoms with Crippen LogP contribution in [0.1, 0.15) is 70.0 Å². The van der Waals surface area contributed by atoms with Crippen LogP contribution in [0.5, 0.6) is 0 Å². The van der Waals surface area contributed by atoms with E-state index in [1.54, 1.807) is 24.6 Å². The van der Waals surface area contributed by atoms with Crippen LogP contribution >= 0.6 is 0 Å². The minimum Gasteiger partial charge on any atom is -0.456 e. The third-order valence-electron chi connectivity index (χ3n) is 6.98. The minimum absolute atomic E-state index is 0.136. The second-order valence-corrected chi connectivity index (χ2v) is 9.70. The lowest BCUT2D eigenvalue weighted by atomic mass is 9.95. The number of fused-ring (bicyclic) bond motifs is 3. The van der Waals surface area contributed by atoms with E-state index in [2.05, 4.69) is 30.8 Å². The number of rotatable bonds is 4. The van der Waals surface area contributed by atoms with Gasteiger partial charge in [-0.3, -0.25) is 0 Å². The maximum absolute atomic E-state index is 9.21. The lowest BCUT2D eigenvalue weighted by Crippen LogP contribution is -2.35. The summed E-state index contributed by atoms with van der Waals surface area (Å²) in [6.45, 7) is 14.2. The summed E-state index contributed by atoms with van der Waals surface area (Å²) >= 11 is 0. The zero-order chi connectivity index (χ0) is 30.9. The lowest BCUT2D eigenvalue weighted by Gasteiger charge is -2.11. The van der Waals surface area contributed by atoms with Gasteiger partial charge >= 0.3 is 0 Å². The van der Waals surface area contributed by atoms with Crippen LogP contribution in [-0.4, -0.2) is 0 Å². The Morgan fingerprint density at radius 2 is 1.58 bits per heavy atom. The smallest absolute Gasteiger partial charge is 0.216 e. The summed E-state index contributed by atoms with van der Waals surface area (Å²) in [5, 5.41) is 1.61. The van der Waals surface area contributed by atoms with Crippen LogP contribution in [0.4, 0.5) is 5.69 Å². The van der Waals surface area contributed by atoms with Crippen molar-refractivity contribution in [1.29, 1.82) is 0 Å². The Bertz CT molecular complexity index is 1930. The molecule has 0 aliphatic carbocycles. The number of aryl methyl sites for hydroxylation is 1. The summed E-state index contributed by atoms with van der Waals surface area (Å²) in [6, 6.07) is 15.4. The number of nitrogens with zero attached hydrogens (tertiary/aromatic N) is 2. The molecule has 1 atom stereocenters. The molecule has 3 heteroatoms. The van der Waals surface area contributed by atoms with E-state index >= 15 is 0 Å². The third-order valence-corrected chi connectivity index (χ3v) is 6.98. The molecule has 36 heavy (non-hydrogen) atoms. The van der Waals surface area contributed by atoms with E-state index in [0.717, 1.165) is 21.9 Å². The zero-order valence-corrected chi connectivity index (χ0v) is 21.5. The summed E-state index contributed by atoms with van der Waals surface area (Å²) < 4.78 is 59.1. The van der Waals surface area contributed by atoms with Gasteiger partial charge in [0.05, 0.1) is 14.9 Å². The van der Waals surface area contributed by atoms with E-state index in [9.17, 15) is 1.37 Å². The van der Waals surface area contributed by atoms with E-state index < -0.39 is 12.7 Å². The molecule has 5 aromatic rings. The molecular weight excluding hydrogens is 440 g/mol. The fourth-order valence-corrected chi connectivity index (χ4v) is 4.78. The van der Waals surface area contributed by atoms with E-state index in [4.69, 9.17) is 17.8 Å². The Morgan fingerprint density at radius 3 is 2.22 bits per heavy atom. The molecule has 1 unspecified atom stereocenters. The topological polar surface area (TPSA) is 21.4 Å². The summed E-state index contributed by atoms with van der Waals surface area (Å²) in [7, 11) is 1.74. The van der Waals surface area contributed by atoms with Gasteiger partial charge in [-0.15, -0.1) is 0 Å². The Morgan fingerprint density at radius 1 is 0.917 bits per heavy atom. The molecule has 0 bridgehead atoms. The van der Waals surface area contributed by atoms with Crippen molar-refractivity contribution in [2.45, 2.75) is 53.3 Å². The Hall–Kier alpha value is -3.90. The van der Waals surface area contributed by atoms with Crippen LogP contribution < -0.4 is 4.57 Å². The molecule has 180 valence electrons. The van der Waals surface area contributed by atoms with Crippen LogP contribution in [0, 0.1) is 20.4 Å². The summed E-state index contributed by atoms with van der Waals surface area (Å²) in [5.74, 6) is -1.81. The average molecular weight is 480 g/mol. The van der Waals surface area contributed by atoms with Gasteiger partial charge in [-0.05, 0) is 41.0 Å². The molecule has 0 radical (unpaired) electrons. The van der Waals surface area contributed by atoms with Crippen LogP contribution in [0.2, 0.25) is 0 Å². The molecule has 0 spiro atoms. The highest BCUT2D eigenvalue weighted by molar-refractivity contribution is 6.15. The van der Waals surface area contributed by atoms with Crippen molar-refractivity contribution in [3.63, 3.8) is 0 Å². The number of aromatic nitrogens is 1. The summed E-state index contributed by atoms with van der Waals surface area (Å²) in [4.78, 5) is 3.79. The maximum Gasteiger partial charge on any atom is 0.216 e. The van der Waals surface area contributed by atoms with Gasteiger partial charge in [0, 0.05) is 40.8 Å². The van der Waals surface area contributed by atoms with Crippen molar-refractivity contribution in [3.05, 3.63) is 94.4 Å². The summed E-state index contributed by atoms with van der Waals surface area (Å²) in [5.41, 5.74) is 6.30. The Labute approximate surface area is 222 Å². The maximum atomic E-state index is 9.21. The largest absolute Gasteiger partial charge is 0.456 e. The van der Waals surface area contributed by atoms with Gasteiger partial charge in [-0.25, -0.2) is 4.85 Å². The van der Waals surface area contributed by atoms with Crippen molar-refractivity contribution < 1.29 is 17.2 Å². The first-order valence-corrected chi connectivity index (χ1v) is 12.1. The van der Waals surface area contributed by atoms with Gasteiger partial charge in [0.25, 0.3) is 0 Å². The molecule has 0 amide bonds. The highest BCUT2D eigenvalue weighted by Gasteiger charge is 2.25. The van der Waals surface area contributed by atoms with Gasteiger partial charge in [-0.1, -0.05) is 76.2 Å². The van der Waals surface area contributed by atoms with E-state index in [-0.39, 0.29) is 17.6 Å². The van der Waals surface area contributed by atoms with Crippen LogP contribution in [0.15, 0.2) is 65.0 Å². The van der Waals surface area contributed by atoms with Gasteiger partial charge in [0.2, 0.25) is 5.69 Å². The molecule has 0 aliphatic rings. The average Bonchev–Trinajstić information content (AvgIpc) is 3.30. The molecule has 2 aromatic heterocycles. The molecule has 5 rings (SSSR count). The Balaban J connectivity index is 1.90. The molecule has 3 nitrogen and oxygen atoms in total. The van der Waals surface area contributed by atoms with E-state index in [0.29, 0.717) is 45.3 Å². The van der Waals surface area contributed by atoms with Gasteiger partial charge in [0.1, 0.15) is 18.2 Å². The fraction of sp³-hybridized carbons (Fsp3) is 0.273. The molecule has 0 saturated heterocycles. The van der Waals surface area contributed by atoms with Crippen molar-refractivity contribution in [1.82, 2.24) is 0 Å². The van der Waals surface area contributed by atoms with Crippen molar-refractivity contribution in [2.24, 2.45) is 7.05 Å². The molecular formula is C33H33N2O+. The zero-order valence-electron chi connectivity index (χ0n) is 27.5. The molecule has 0 aliphatic heterocycles. The lowest BCUT2D eigenvalue weighted by molar-refractivity contribution is -0.666. The second-order valence-electron chi connectivity index (χ2n) is 9.70. The Kier molecular flexibility index (Phi) is 4.36. The van der Waals surface area contributed by atoms with Crippen molar-refractivity contribution in [2.75, 3.05) is 0 Å². The number of hydrogen-bond donors (Lipinski definition) is 0. The van der Waals surface area contributed by atoms with Crippen molar-refractivity contribution in [3.8, 4) is 22.4 Å². The molecule has 2 heterocycles. The molecule has 0 N–H and O–H groups in total. The monoisotopic (exact) mass is 479 g/mol. The van der Waals surface area contributed by atoms with Gasteiger partial charge < -0.3 is 4.42 Å². The third kappa shape index (κ3) is 3.78. The first-order valence-electron chi connectivity index (χ1n) is 15.1. The van der Waals surface area contributed by atoms with Crippen LogP contribution in [0.25, 0.3) is 49.2 Å². The second kappa shape index (κ2) is 8.95. The number of furan rings is 1. The molecule has 3 aromatic carbocycles. The quantitative estimate of drug-likeness (QED) is 0.186. The number of hydrogen-bond acceptors (Lipinski definition) is 1. The number of pyridine rings is 1. The van der Waals surface area contributed by atoms with Gasteiger partial charge in [0.15, 0.2) is 11.4 Å². The molecule has 0 fully saturated rings. The fourth-order valence-electron chi connectivity index (χ4n) is 4.78. The predicted octanol–water partition coefficient (Wildman–Crippen LogP) is 9.16. The summed E-state index contributed by atoms with van der Waals surface area (Å²) in [6.07, 6.45) is 0. The first-order chi connectivity index (χ1) is 19.6. The highest BCUT2D eigenvalue weighted by atomic mass is 16.3. The highest BCUT2D eigenvalue weighted by Crippen LogP contribution is 2.44. The van der Waals surface area contributed by atoms with Crippen molar-refractivity contribution >= 4 is 27.6 Å². The predicted molar refractivity (Wildman–Crippen MR) is 150 cm³/mol. The van der Waals surface area contributed by atoms with Crippen LogP contribution in [0.3, 0.4) is 0 Å². The van der Waals surface area contributed by atoms with Gasteiger partial charge in [-0.2, -0.15) is 4.57 Å². The minimum atomic E-state index is -2.75. The number of benzene rings is 3. The van der Waals surface area contributed by atoms with E-state index in [1.165, 1.54) is 12.5 Å². The van der Waals surface area contributed by atoms with E-state index in [1.807, 2.05) is 37.3 Å². The molecule has 0 saturated carbocycles. The van der Waals surface area contributed by atoms with Crippen LogP contribution in [-0.2, 0) is 7.05 Å². The SMILES string of the molecule is [2H]c1c(C([2H])(C)C([2H])([2H])[2H])c([2H])c(-c2c(C)ccc3c2oc2c(-c4ccc(C(C)C)cc4)c([N+]#[C-])ccc23)[n+](C)c1C. The standard InChI is InChI=1S/C33H33N2O/c1-19(2)23-10-12-24(13-11-23)31-28(34-7)16-15-27-26-14-9-21(5)30(32(26)36-33(27)31)29-18-25(20(3)4)17-22(6)35(29)8/h9-20H,1-6,8H3/q+1/i3D3,17D,18D,20D. The first kappa shape index (κ1) is 17.5.